The summed E-state index contributed by atoms with van der Waals surface area (Å²) >= 11 is 0. The number of benzene rings is 1. The molecule has 3 rings (SSSR count). The number of hydrogen-bond acceptors (Lipinski definition) is 4. The molecule has 1 aromatic carbocycles. The van der Waals surface area contributed by atoms with Crippen molar-refractivity contribution in [2.75, 3.05) is 0 Å². The average molecular weight is 318 g/mol. The normalized spacial score (nSPS) is 14.2. The standard InChI is InChI=1S/C15H9F3N4O/c16-15(17,18)14(9-19,23-12-4-2-1-3-5-12)11-6-7-13-21-20-10-22(13)8-11/h1-8,10H. The van der Waals surface area contributed by atoms with Crippen molar-refractivity contribution < 1.29 is 17.9 Å². The van der Waals surface area contributed by atoms with E-state index in [0.717, 1.165) is 12.3 Å². The van der Waals surface area contributed by atoms with Crippen LogP contribution in [0.5, 0.6) is 5.75 Å². The zero-order valence-electron chi connectivity index (χ0n) is 11.5. The molecule has 3 aromatic rings. The molecular formula is C15H9F3N4O. The van der Waals surface area contributed by atoms with Crippen molar-refractivity contribution in [1.29, 1.82) is 5.26 Å². The Morgan fingerprint density at radius 3 is 2.48 bits per heavy atom. The van der Waals surface area contributed by atoms with Crippen LogP contribution in [0.15, 0.2) is 55.0 Å². The van der Waals surface area contributed by atoms with Gasteiger partial charge in [-0.1, -0.05) is 18.2 Å². The van der Waals surface area contributed by atoms with Crippen LogP contribution in [0.1, 0.15) is 5.56 Å². The fraction of sp³-hybridized carbons (Fsp3) is 0.133. The van der Waals surface area contributed by atoms with E-state index in [2.05, 4.69) is 10.2 Å². The fourth-order valence-corrected chi connectivity index (χ4v) is 2.13. The van der Waals surface area contributed by atoms with Gasteiger partial charge in [0.1, 0.15) is 18.1 Å². The SMILES string of the molecule is N#CC(Oc1ccccc1)(c1ccc2nncn2c1)C(F)(F)F. The molecule has 0 radical (unpaired) electrons. The highest BCUT2D eigenvalue weighted by Crippen LogP contribution is 2.42. The Morgan fingerprint density at radius 1 is 1.09 bits per heavy atom. The summed E-state index contributed by atoms with van der Waals surface area (Å²) in [5.74, 6) is -0.0600. The zero-order chi connectivity index (χ0) is 16.5. The van der Waals surface area contributed by atoms with Gasteiger partial charge in [0.05, 0.1) is 0 Å². The summed E-state index contributed by atoms with van der Waals surface area (Å²) in [4.78, 5) is 0. The van der Waals surface area contributed by atoms with Gasteiger partial charge in [-0.25, -0.2) is 0 Å². The van der Waals surface area contributed by atoms with Crippen molar-refractivity contribution in [2.45, 2.75) is 11.8 Å². The number of para-hydroxylation sites is 1. The quantitative estimate of drug-likeness (QED) is 0.744. The molecule has 0 aliphatic carbocycles. The Kier molecular flexibility index (Phi) is 3.41. The number of nitrogens with zero attached hydrogens (tertiary/aromatic N) is 4. The number of hydrogen-bond donors (Lipinski definition) is 0. The molecule has 0 bridgehead atoms. The van der Waals surface area contributed by atoms with Crippen molar-refractivity contribution in [1.82, 2.24) is 14.6 Å². The maximum atomic E-state index is 13.7. The first-order chi connectivity index (χ1) is 11.0. The van der Waals surface area contributed by atoms with Crippen LogP contribution >= 0.6 is 0 Å². The van der Waals surface area contributed by atoms with E-state index in [1.54, 1.807) is 6.07 Å². The zero-order valence-corrected chi connectivity index (χ0v) is 11.5. The van der Waals surface area contributed by atoms with Crippen molar-refractivity contribution in [3.8, 4) is 11.8 Å². The Balaban J connectivity index is 2.16. The van der Waals surface area contributed by atoms with E-state index in [1.165, 1.54) is 47.1 Å². The molecule has 0 saturated heterocycles. The van der Waals surface area contributed by atoms with E-state index in [4.69, 9.17) is 4.74 Å². The Labute approximate surface area is 128 Å². The molecule has 5 nitrogen and oxygen atoms in total. The van der Waals surface area contributed by atoms with Crippen LogP contribution in [0.4, 0.5) is 13.2 Å². The third-order valence-electron chi connectivity index (χ3n) is 3.27. The molecular weight excluding hydrogens is 309 g/mol. The number of fused-ring (bicyclic) bond motifs is 1. The van der Waals surface area contributed by atoms with Crippen molar-refractivity contribution in [3.05, 3.63) is 60.6 Å². The lowest BCUT2D eigenvalue weighted by atomic mass is 9.95. The van der Waals surface area contributed by atoms with Crippen LogP contribution in [0.25, 0.3) is 5.65 Å². The van der Waals surface area contributed by atoms with Crippen LogP contribution < -0.4 is 4.74 Å². The summed E-state index contributed by atoms with van der Waals surface area (Å²) in [6.45, 7) is 0. The number of rotatable bonds is 3. The molecule has 0 N–H and O–H groups in total. The molecule has 0 aliphatic heterocycles. The summed E-state index contributed by atoms with van der Waals surface area (Å²) in [7, 11) is 0. The second-order valence-corrected chi connectivity index (χ2v) is 4.72. The van der Waals surface area contributed by atoms with Gasteiger partial charge in [0, 0.05) is 11.8 Å². The van der Waals surface area contributed by atoms with Gasteiger partial charge in [-0.15, -0.1) is 10.2 Å². The Hall–Kier alpha value is -3.08. The van der Waals surface area contributed by atoms with Crippen LogP contribution in [-0.2, 0) is 5.60 Å². The molecule has 0 spiro atoms. The largest absolute Gasteiger partial charge is 0.459 e. The molecule has 2 heterocycles. The fourth-order valence-electron chi connectivity index (χ4n) is 2.13. The summed E-state index contributed by atoms with van der Waals surface area (Å²) in [6.07, 6.45) is -2.56. The summed E-state index contributed by atoms with van der Waals surface area (Å²) in [5, 5.41) is 16.6. The first-order valence-corrected chi connectivity index (χ1v) is 6.48. The second kappa shape index (κ2) is 5.28. The topological polar surface area (TPSA) is 63.2 Å². The molecule has 2 aromatic heterocycles. The number of alkyl halides is 3. The van der Waals surface area contributed by atoms with Crippen LogP contribution in [0.2, 0.25) is 0 Å². The molecule has 1 unspecified atom stereocenters. The molecule has 0 amide bonds. The van der Waals surface area contributed by atoms with E-state index < -0.39 is 11.8 Å². The monoisotopic (exact) mass is 318 g/mol. The van der Waals surface area contributed by atoms with Gasteiger partial charge >= 0.3 is 11.8 Å². The van der Waals surface area contributed by atoms with Crippen LogP contribution in [0, 0.1) is 11.3 Å². The van der Waals surface area contributed by atoms with E-state index in [9.17, 15) is 18.4 Å². The number of pyridine rings is 1. The number of aromatic nitrogens is 3. The second-order valence-electron chi connectivity index (χ2n) is 4.72. The van der Waals surface area contributed by atoms with Crippen molar-refractivity contribution in [2.24, 2.45) is 0 Å². The molecule has 0 saturated carbocycles. The van der Waals surface area contributed by atoms with Crippen molar-refractivity contribution >= 4 is 5.65 Å². The summed E-state index contributed by atoms with van der Waals surface area (Å²) < 4.78 is 47.4. The van der Waals surface area contributed by atoms with Gasteiger partial charge in [0.15, 0.2) is 5.65 Å². The minimum atomic E-state index is -4.95. The Morgan fingerprint density at radius 2 is 1.83 bits per heavy atom. The van der Waals surface area contributed by atoms with Gasteiger partial charge in [0.25, 0.3) is 0 Å². The van der Waals surface area contributed by atoms with Crippen LogP contribution in [-0.4, -0.2) is 20.8 Å². The number of nitriles is 1. The van der Waals surface area contributed by atoms with E-state index in [-0.39, 0.29) is 11.3 Å². The minimum absolute atomic E-state index is 0.0600. The molecule has 0 aliphatic rings. The molecule has 1 atom stereocenters. The van der Waals surface area contributed by atoms with E-state index in [1.807, 2.05) is 0 Å². The van der Waals surface area contributed by atoms with Gasteiger partial charge in [0.2, 0.25) is 0 Å². The van der Waals surface area contributed by atoms with E-state index in [0.29, 0.717) is 5.65 Å². The first kappa shape index (κ1) is 14.8. The highest BCUT2D eigenvalue weighted by Gasteiger charge is 2.60. The average Bonchev–Trinajstić information content (AvgIpc) is 3.00. The maximum Gasteiger partial charge on any atom is 0.447 e. The molecule has 8 heteroatoms. The maximum absolute atomic E-state index is 13.7. The first-order valence-electron chi connectivity index (χ1n) is 6.48. The smallest absolute Gasteiger partial charge is 0.447 e. The molecule has 116 valence electrons. The summed E-state index contributed by atoms with van der Waals surface area (Å²) in [6, 6.07) is 11.2. The highest BCUT2D eigenvalue weighted by atomic mass is 19.4. The van der Waals surface area contributed by atoms with Gasteiger partial charge in [-0.05, 0) is 24.3 Å². The van der Waals surface area contributed by atoms with Gasteiger partial charge < -0.3 is 4.74 Å². The third kappa shape index (κ3) is 2.46. The van der Waals surface area contributed by atoms with Gasteiger partial charge in [-0.3, -0.25) is 4.40 Å². The molecule has 23 heavy (non-hydrogen) atoms. The van der Waals surface area contributed by atoms with E-state index >= 15 is 0 Å². The lowest BCUT2D eigenvalue weighted by Gasteiger charge is -2.30. The lowest BCUT2D eigenvalue weighted by Crippen LogP contribution is -2.46. The predicted octanol–water partition coefficient (Wildman–Crippen LogP) is 3.09. The minimum Gasteiger partial charge on any atom is -0.459 e. The Bertz CT molecular complexity index is 870. The van der Waals surface area contributed by atoms with Crippen molar-refractivity contribution in [3.63, 3.8) is 0 Å². The summed E-state index contributed by atoms with van der Waals surface area (Å²) in [5.41, 5.74) is -3.13. The highest BCUT2D eigenvalue weighted by molar-refractivity contribution is 5.42. The number of ether oxygens (including phenoxy) is 1. The van der Waals surface area contributed by atoms with Crippen LogP contribution in [0.3, 0.4) is 0 Å². The third-order valence-corrected chi connectivity index (χ3v) is 3.27. The number of halogens is 3. The molecule has 0 fully saturated rings. The lowest BCUT2D eigenvalue weighted by molar-refractivity contribution is -0.231. The van der Waals surface area contributed by atoms with Gasteiger partial charge in [-0.2, -0.15) is 18.4 Å². The predicted molar refractivity (Wildman–Crippen MR) is 73.4 cm³/mol.